The van der Waals surface area contributed by atoms with Gasteiger partial charge in [-0.05, 0) is 43.2 Å². The molecule has 0 bridgehead atoms. The first-order valence-corrected chi connectivity index (χ1v) is 6.35. The molecule has 0 saturated heterocycles. The van der Waals surface area contributed by atoms with Crippen LogP contribution in [-0.2, 0) is 0 Å². The highest BCUT2D eigenvalue weighted by Crippen LogP contribution is 2.33. The lowest BCUT2D eigenvalue weighted by molar-refractivity contribution is 0.440. The first-order chi connectivity index (χ1) is 8.99. The summed E-state index contributed by atoms with van der Waals surface area (Å²) < 4.78 is 19.3. The third kappa shape index (κ3) is 3.06. The maximum atomic E-state index is 13.8. The molecule has 0 heterocycles. The average molecular weight is 280 g/mol. The topological polar surface area (TPSA) is 35.2 Å². The van der Waals surface area contributed by atoms with Crippen molar-refractivity contribution in [1.82, 2.24) is 0 Å². The van der Waals surface area contributed by atoms with E-state index in [0.717, 1.165) is 5.56 Å². The molecule has 0 aliphatic carbocycles. The van der Waals surface area contributed by atoms with Gasteiger partial charge in [-0.25, -0.2) is 4.39 Å². The summed E-state index contributed by atoms with van der Waals surface area (Å²) >= 11 is 6.11. The third-order valence-corrected chi connectivity index (χ3v) is 3.15. The summed E-state index contributed by atoms with van der Waals surface area (Å²) in [6.45, 7) is 3.55. The molecular formula is C15H15ClFNO. The fourth-order valence-electron chi connectivity index (χ4n) is 1.70. The van der Waals surface area contributed by atoms with Crippen molar-refractivity contribution >= 4 is 11.6 Å². The van der Waals surface area contributed by atoms with Crippen LogP contribution in [0.3, 0.4) is 0 Å². The summed E-state index contributed by atoms with van der Waals surface area (Å²) in [6, 6.07) is 10.1. The molecule has 0 fully saturated rings. The van der Waals surface area contributed by atoms with Crippen LogP contribution in [0.25, 0.3) is 0 Å². The van der Waals surface area contributed by atoms with Crippen molar-refractivity contribution in [1.29, 1.82) is 0 Å². The first-order valence-electron chi connectivity index (χ1n) is 5.97. The smallest absolute Gasteiger partial charge is 0.168 e. The molecule has 19 heavy (non-hydrogen) atoms. The Hall–Kier alpha value is -1.58. The summed E-state index contributed by atoms with van der Waals surface area (Å²) in [7, 11) is 0. The first kappa shape index (κ1) is 13.8. The minimum atomic E-state index is -0.380. The number of hydrogen-bond acceptors (Lipinski definition) is 2. The van der Waals surface area contributed by atoms with Gasteiger partial charge < -0.3 is 10.5 Å². The average Bonchev–Trinajstić information content (AvgIpc) is 2.37. The third-order valence-electron chi connectivity index (χ3n) is 2.86. The molecular weight excluding hydrogens is 265 g/mol. The lowest BCUT2D eigenvalue weighted by Gasteiger charge is -2.12. The highest BCUT2D eigenvalue weighted by molar-refractivity contribution is 6.32. The van der Waals surface area contributed by atoms with Gasteiger partial charge in [-0.2, -0.15) is 0 Å². The molecule has 2 aromatic carbocycles. The lowest BCUT2D eigenvalue weighted by Crippen LogP contribution is -2.04. The van der Waals surface area contributed by atoms with Crippen molar-refractivity contribution < 1.29 is 9.13 Å². The Morgan fingerprint density at radius 2 is 1.95 bits per heavy atom. The van der Waals surface area contributed by atoms with Gasteiger partial charge in [0.2, 0.25) is 0 Å². The Labute approximate surface area is 117 Å². The van der Waals surface area contributed by atoms with Gasteiger partial charge in [0, 0.05) is 6.04 Å². The monoisotopic (exact) mass is 279 g/mol. The van der Waals surface area contributed by atoms with Crippen LogP contribution in [0.1, 0.15) is 24.1 Å². The van der Waals surface area contributed by atoms with Crippen LogP contribution in [0.15, 0.2) is 36.4 Å². The molecule has 0 aliphatic heterocycles. The van der Waals surface area contributed by atoms with Gasteiger partial charge in [0.1, 0.15) is 5.75 Å². The number of hydrogen-bond donors (Lipinski definition) is 1. The van der Waals surface area contributed by atoms with E-state index in [9.17, 15) is 4.39 Å². The molecule has 0 saturated carbocycles. The van der Waals surface area contributed by atoms with Crippen LogP contribution in [0, 0.1) is 12.7 Å². The zero-order valence-corrected chi connectivity index (χ0v) is 11.5. The van der Waals surface area contributed by atoms with Crippen molar-refractivity contribution in [3.05, 3.63) is 58.4 Å². The quantitative estimate of drug-likeness (QED) is 0.891. The maximum Gasteiger partial charge on any atom is 0.168 e. The Morgan fingerprint density at radius 1 is 1.21 bits per heavy atom. The summed E-state index contributed by atoms with van der Waals surface area (Å²) in [5, 5.41) is 0.413. The molecule has 0 spiro atoms. The normalized spacial score (nSPS) is 12.3. The summed E-state index contributed by atoms with van der Waals surface area (Å²) in [5.41, 5.74) is 7.20. The van der Waals surface area contributed by atoms with Crippen molar-refractivity contribution in [2.24, 2.45) is 5.73 Å². The predicted octanol–water partition coefficient (Wildman–Crippen LogP) is 4.60. The van der Waals surface area contributed by atoms with E-state index < -0.39 is 0 Å². The fraction of sp³-hybridized carbons (Fsp3) is 0.200. The number of nitrogens with two attached hydrogens (primary N) is 1. The second-order valence-corrected chi connectivity index (χ2v) is 4.87. The number of rotatable bonds is 3. The van der Waals surface area contributed by atoms with Crippen LogP contribution in [0.4, 0.5) is 4.39 Å². The van der Waals surface area contributed by atoms with Crippen LogP contribution in [0.5, 0.6) is 11.5 Å². The van der Waals surface area contributed by atoms with Crippen molar-refractivity contribution in [2.75, 3.05) is 0 Å². The zero-order chi connectivity index (χ0) is 14.0. The molecule has 0 radical (unpaired) electrons. The molecule has 2 nitrogen and oxygen atoms in total. The van der Waals surface area contributed by atoms with Crippen LogP contribution in [0.2, 0.25) is 5.02 Å². The number of halogens is 2. The van der Waals surface area contributed by atoms with E-state index in [-0.39, 0.29) is 17.6 Å². The lowest BCUT2D eigenvalue weighted by atomic mass is 10.1. The second-order valence-electron chi connectivity index (χ2n) is 4.47. The van der Waals surface area contributed by atoms with Crippen molar-refractivity contribution in [3.8, 4) is 11.5 Å². The minimum absolute atomic E-state index is 0.109. The number of benzene rings is 2. The highest BCUT2D eigenvalue weighted by Gasteiger charge is 2.10. The van der Waals surface area contributed by atoms with E-state index in [2.05, 4.69) is 0 Å². The van der Waals surface area contributed by atoms with Gasteiger partial charge in [-0.1, -0.05) is 29.8 Å². The molecule has 0 aromatic heterocycles. The molecule has 0 unspecified atom stereocenters. The summed E-state index contributed by atoms with van der Waals surface area (Å²) in [4.78, 5) is 0. The summed E-state index contributed by atoms with van der Waals surface area (Å²) in [6.07, 6.45) is 0. The van der Waals surface area contributed by atoms with E-state index in [1.807, 2.05) is 13.0 Å². The molecule has 0 amide bonds. The van der Waals surface area contributed by atoms with Crippen molar-refractivity contribution in [3.63, 3.8) is 0 Å². The minimum Gasteiger partial charge on any atom is -0.453 e. The van der Waals surface area contributed by atoms with E-state index in [4.69, 9.17) is 22.1 Å². The number of aryl methyl sites for hydroxylation is 1. The molecule has 2 aromatic rings. The molecule has 2 N–H and O–H groups in total. The van der Waals surface area contributed by atoms with Crippen molar-refractivity contribution in [2.45, 2.75) is 19.9 Å². The van der Waals surface area contributed by atoms with Gasteiger partial charge in [-0.15, -0.1) is 0 Å². The van der Waals surface area contributed by atoms with Crippen LogP contribution in [-0.4, -0.2) is 0 Å². The summed E-state index contributed by atoms with van der Waals surface area (Å²) in [5.74, 6) is 0.195. The van der Waals surface area contributed by atoms with E-state index in [1.54, 1.807) is 37.3 Å². The second kappa shape index (κ2) is 5.59. The zero-order valence-electron chi connectivity index (χ0n) is 10.8. The Bertz CT molecular complexity index is 599. The van der Waals surface area contributed by atoms with Gasteiger partial charge >= 0.3 is 0 Å². The van der Waals surface area contributed by atoms with E-state index in [0.29, 0.717) is 16.3 Å². The molecule has 4 heteroatoms. The highest BCUT2D eigenvalue weighted by atomic mass is 35.5. The largest absolute Gasteiger partial charge is 0.453 e. The van der Waals surface area contributed by atoms with Gasteiger partial charge in [0.05, 0.1) is 5.02 Å². The van der Waals surface area contributed by atoms with Gasteiger partial charge in [-0.3, -0.25) is 0 Å². The van der Waals surface area contributed by atoms with E-state index >= 15 is 0 Å². The fourth-order valence-corrected chi connectivity index (χ4v) is 1.93. The maximum absolute atomic E-state index is 13.8. The Balaban J connectivity index is 2.31. The molecule has 2 rings (SSSR count). The van der Waals surface area contributed by atoms with Gasteiger partial charge in [0.15, 0.2) is 11.6 Å². The van der Waals surface area contributed by atoms with Crippen LogP contribution < -0.4 is 10.5 Å². The predicted molar refractivity (Wildman–Crippen MR) is 75.3 cm³/mol. The molecule has 1 atom stereocenters. The standard InChI is InChI=1S/C15H15ClFNO/c1-9-4-3-5-14(15(9)17)19-13-7-6-11(10(2)18)8-12(13)16/h3-8,10H,18H2,1-2H3/t10-/m0/s1. The Kier molecular flexibility index (Phi) is 4.08. The number of ether oxygens (including phenoxy) is 1. The van der Waals surface area contributed by atoms with Gasteiger partial charge in [0.25, 0.3) is 0 Å². The Morgan fingerprint density at radius 3 is 2.58 bits per heavy atom. The molecule has 0 aliphatic rings. The van der Waals surface area contributed by atoms with Crippen LogP contribution >= 0.6 is 11.6 Å². The van der Waals surface area contributed by atoms with E-state index in [1.165, 1.54) is 0 Å². The SMILES string of the molecule is Cc1cccc(Oc2ccc([C@H](C)N)cc2Cl)c1F. The molecule has 100 valence electrons.